The Kier molecular flexibility index (Phi) is 2.90. The average molecular weight is 237 g/mol. The number of carbonyl (C=O) groups excluding carboxylic acids is 1. The van der Waals surface area contributed by atoms with Gasteiger partial charge in [0.2, 0.25) is 5.91 Å². The van der Waals surface area contributed by atoms with Crippen LogP contribution in [0.1, 0.15) is 0 Å². The SMILES string of the molecule is O=C(O)C1CN(C(=O)Cn2cccnc2=O)C1. The van der Waals surface area contributed by atoms with Gasteiger partial charge in [0.15, 0.2) is 0 Å². The van der Waals surface area contributed by atoms with Crippen molar-refractivity contribution in [1.29, 1.82) is 0 Å². The van der Waals surface area contributed by atoms with Gasteiger partial charge in [-0.25, -0.2) is 9.78 Å². The van der Waals surface area contributed by atoms with Gasteiger partial charge in [0, 0.05) is 25.5 Å². The fraction of sp³-hybridized carbons (Fsp3) is 0.400. The minimum Gasteiger partial charge on any atom is -0.481 e. The maximum Gasteiger partial charge on any atom is 0.347 e. The molecule has 1 aromatic rings. The zero-order valence-corrected chi connectivity index (χ0v) is 8.94. The summed E-state index contributed by atoms with van der Waals surface area (Å²) in [5.74, 6) is -1.64. The topological polar surface area (TPSA) is 92.5 Å². The van der Waals surface area contributed by atoms with Gasteiger partial charge >= 0.3 is 11.7 Å². The monoisotopic (exact) mass is 237 g/mol. The van der Waals surface area contributed by atoms with Gasteiger partial charge in [-0.1, -0.05) is 0 Å². The normalized spacial score (nSPS) is 15.4. The molecule has 7 heteroatoms. The van der Waals surface area contributed by atoms with Crippen LogP contribution in [0.2, 0.25) is 0 Å². The van der Waals surface area contributed by atoms with Gasteiger partial charge < -0.3 is 10.0 Å². The Labute approximate surface area is 96.3 Å². The summed E-state index contributed by atoms with van der Waals surface area (Å²) in [4.78, 5) is 38.4. The number of aromatic nitrogens is 2. The maximum absolute atomic E-state index is 11.7. The number of rotatable bonds is 3. The molecule has 2 rings (SSSR count). The minimum atomic E-state index is -0.896. The first-order valence-electron chi connectivity index (χ1n) is 5.10. The lowest BCUT2D eigenvalue weighted by atomic mass is 10.0. The first-order chi connectivity index (χ1) is 8.08. The lowest BCUT2D eigenvalue weighted by Gasteiger charge is -2.36. The van der Waals surface area contributed by atoms with E-state index < -0.39 is 17.6 Å². The molecule has 1 N–H and O–H groups in total. The predicted octanol–water partition coefficient (Wildman–Crippen LogP) is -1.21. The molecule has 0 bridgehead atoms. The van der Waals surface area contributed by atoms with Crippen LogP contribution in [0.5, 0.6) is 0 Å². The summed E-state index contributed by atoms with van der Waals surface area (Å²) in [6.45, 7) is 0.325. The smallest absolute Gasteiger partial charge is 0.347 e. The molecule has 0 atom stereocenters. The number of likely N-dealkylation sites (tertiary alicyclic amines) is 1. The van der Waals surface area contributed by atoms with Crippen LogP contribution in [0.4, 0.5) is 0 Å². The van der Waals surface area contributed by atoms with E-state index in [1.807, 2.05) is 0 Å². The van der Waals surface area contributed by atoms with Crippen molar-refractivity contribution < 1.29 is 14.7 Å². The Bertz CT molecular complexity index is 504. The van der Waals surface area contributed by atoms with Crippen LogP contribution < -0.4 is 5.69 Å². The van der Waals surface area contributed by atoms with E-state index in [-0.39, 0.29) is 25.5 Å². The van der Waals surface area contributed by atoms with Crippen molar-refractivity contribution in [2.24, 2.45) is 5.92 Å². The van der Waals surface area contributed by atoms with Crippen molar-refractivity contribution in [3.05, 3.63) is 28.9 Å². The standard InChI is InChI=1S/C10H11N3O4/c14-8(13-4-7(5-13)9(15)16)6-12-3-1-2-11-10(12)17/h1-3,7H,4-6H2,(H,15,16). The predicted molar refractivity (Wildman–Crippen MR) is 56.2 cm³/mol. The molecule has 1 amide bonds. The zero-order chi connectivity index (χ0) is 12.4. The van der Waals surface area contributed by atoms with Crippen molar-refractivity contribution >= 4 is 11.9 Å². The lowest BCUT2D eigenvalue weighted by Crippen LogP contribution is -2.54. The third kappa shape index (κ3) is 2.32. The molecular formula is C10H11N3O4. The summed E-state index contributed by atoms with van der Waals surface area (Å²) in [6.07, 6.45) is 2.83. The molecule has 7 nitrogen and oxygen atoms in total. The summed E-state index contributed by atoms with van der Waals surface area (Å²) in [5.41, 5.74) is -0.490. The van der Waals surface area contributed by atoms with E-state index in [0.717, 1.165) is 0 Å². The molecule has 1 saturated heterocycles. The highest BCUT2D eigenvalue weighted by atomic mass is 16.4. The fourth-order valence-electron chi connectivity index (χ4n) is 1.59. The van der Waals surface area contributed by atoms with Crippen LogP contribution in [-0.4, -0.2) is 44.5 Å². The van der Waals surface area contributed by atoms with Gasteiger partial charge in [-0.2, -0.15) is 0 Å². The van der Waals surface area contributed by atoms with Crippen molar-refractivity contribution in [1.82, 2.24) is 14.5 Å². The molecule has 90 valence electrons. The van der Waals surface area contributed by atoms with E-state index in [9.17, 15) is 14.4 Å². The van der Waals surface area contributed by atoms with Crippen molar-refractivity contribution in [3.63, 3.8) is 0 Å². The molecule has 17 heavy (non-hydrogen) atoms. The van der Waals surface area contributed by atoms with Crippen LogP contribution in [0.15, 0.2) is 23.3 Å². The van der Waals surface area contributed by atoms with E-state index in [1.165, 1.54) is 21.9 Å². The number of aliphatic carboxylic acids is 1. The number of hydrogen-bond acceptors (Lipinski definition) is 4. The first-order valence-corrected chi connectivity index (χ1v) is 5.10. The molecule has 2 heterocycles. The largest absolute Gasteiger partial charge is 0.481 e. The van der Waals surface area contributed by atoms with Crippen LogP contribution in [0.3, 0.4) is 0 Å². The van der Waals surface area contributed by atoms with Gasteiger partial charge in [0.05, 0.1) is 5.92 Å². The molecule has 0 radical (unpaired) electrons. The summed E-state index contributed by atoms with van der Waals surface area (Å²) in [7, 11) is 0. The summed E-state index contributed by atoms with van der Waals surface area (Å²) in [6, 6.07) is 1.56. The molecule has 0 saturated carbocycles. The van der Waals surface area contributed by atoms with Crippen LogP contribution in [0, 0.1) is 5.92 Å². The molecule has 1 aliphatic rings. The van der Waals surface area contributed by atoms with Crippen LogP contribution in [0.25, 0.3) is 0 Å². The van der Waals surface area contributed by atoms with Crippen molar-refractivity contribution in [2.75, 3.05) is 13.1 Å². The maximum atomic E-state index is 11.7. The third-order valence-corrected chi connectivity index (χ3v) is 2.67. The highest BCUT2D eigenvalue weighted by molar-refractivity contribution is 5.80. The molecule has 1 aromatic heterocycles. The Morgan fingerprint density at radius 2 is 2.18 bits per heavy atom. The van der Waals surface area contributed by atoms with Gasteiger partial charge in [-0.15, -0.1) is 0 Å². The highest BCUT2D eigenvalue weighted by Crippen LogP contribution is 2.15. The van der Waals surface area contributed by atoms with E-state index in [1.54, 1.807) is 6.07 Å². The minimum absolute atomic E-state index is 0.0982. The zero-order valence-electron chi connectivity index (χ0n) is 8.94. The summed E-state index contributed by atoms with van der Waals surface area (Å²) in [5, 5.41) is 8.66. The van der Waals surface area contributed by atoms with Gasteiger partial charge in [0.1, 0.15) is 6.54 Å². The van der Waals surface area contributed by atoms with Gasteiger partial charge in [-0.05, 0) is 6.07 Å². The lowest BCUT2D eigenvalue weighted by molar-refractivity contribution is -0.153. The average Bonchev–Trinajstić information content (AvgIpc) is 2.18. The molecule has 1 fully saturated rings. The first kappa shape index (κ1) is 11.3. The van der Waals surface area contributed by atoms with Gasteiger partial charge in [0.25, 0.3) is 0 Å². The van der Waals surface area contributed by atoms with E-state index in [0.29, 0.717) is 0 Å². The molecule has 0 aromatic carbocycles. The molecular weight excluding hydrogens is 226 g/mol. The summed E-state index contributed by atoms with van der Waals surface area (Å²) < 4.78 is 1.19. The van der Waals surface area contributed by atoms with E-state index >= 15 is 0 Å². The molecule has 1 aliphatic heterocycles. The van der Waals surface area contributed by atoms with Crippen LogP contribution in [-0.2, 0) is 16.1 Å². The number of carboxylic acids is 1. The number of nitrogens with zero attached hydrogens (tertiary/aromatic N) is 3. The Balaban J connectivity index is 1.94. The number of carbonyl (C=O) groups is 2. The number of hydrogen-bond donors (Lipinski definition) is 1. The number of carboxylic acid groups (broad SMARTS) is 1. The van der Waals surface area contributed by atoms with Crippen molar-refractivity contribution in [3.8, 4) is 0 Å². The van der Waals surface area contributed by atoms with E-state index in [2.05, 4.69) is 4.98 Å². The second-order valence-electron chi connectivity index (χ2n) is 3.86. The number of amides is 1. The quantitative estimate of drug-likeness (QED) is 0.711. The second-order valence-corrected chi connectivity index (χ2v) is 3.86. The fourth-order valence-corrected chi connectivity index (χ4v) is 1.59. The molecule has 0 spiro atoms. The third-order valence-electron chi connectivity index (χ3n) is 2.67. The second kappa shape index (κ2) is 4.36. The molecule has 0 unspecified atom stereocenters. The Morgan fingerprint density at radius 1 is 1.47 bits per heavy atom. The van der Waals surface area contributed by atoms with Gasteiger partial charge in [-0.3, -0.25) is 14.2 Å². The van der Waals surface area contributed by atoms with Crippen molar-refractivity contribution in [2.45, 2.75) is 6.54 Å². The highest BCUT2D eigenvalue weighted by Gasteiger charge is 2.35. The Hall–Kier alpha value is -2.18. The summed E-state index contributed by atoms with van der Waals surface area (Å²) >= 11 is 0. The van der Waals surface area contributed by atoms with E-state index in [4.69, 9.17) is 5.11 Å². The Morgan fingerprint density at radius 3 is 2.76 bits per heavy atom. The van der Waals surface area contributed by atoms with Crippen LogP contribution >= 0.6 is 0 Å². The molecule has 0 aliphatic carbocycles.